The summed E-state index contributed by atoms with van der Waals surface area (Å²) in [5.74, 6) is 3.77. The molecule has 0 aliphatic heterocycles. The highest BCUT2D eigenvalue weighted by atomic mass is 16.3. The van der Waals surface area contributed by atoms with E-state index in [1.807, 2.05) is 4.68 Å². The van der Waals surface area contributed by atoms with Crippen LogP contribution in [0.2, 0.25) is 0 Å². The van der Waals surface area contributed by atoms with Crippen LogP contribution in [-0.2, 0) is 13.0 Å². The molecule has 4 aliphatic carbocycles. The van der Waals surface area contributed by atoms with Crippen LogP contribution in [0.1, 0.15) is 44.9 Å². The second-order valence-corrected chi connectivity index (χ2v) is 6.96. The molecule has 4 heteroatoms. The van der Waals surface area contributed by atoms with Crippen molar-refractivity contribution in [2.24, 2.45) is 23.7 Å². The first kappa shape index (κ1) is 11.9. The molecule has 1 aromatic rings. The highest BCUT2D eigenvalue weighted by Crippen LogP contribution is 2.58. The van der Waals surface area contributed by atoms with E-state index in [4.69, 9.17) is 0 Å². The van der Waals surface area contributed by atoms with Crippen LogP contribution >= 0.6 is 0 Å². The van der Waals surface area contributed by atoms with Crippen molar-refractivity contribution < 1.29 is 5.11 Å². The van der Waals surface area contributed by atoms with Gasteiger partial charge in [-0.3, -0.25) is 4.68 Å². The van der Waals surface area contributed by atoms with E-state index in [9.17, 15) is 5.11 Å². The Balaban J connectivity index is 1.63. The lowest BCUT2D eigenvalue weighted by Crippen LogP contribution is -2.59. The quantitative estimate of drug-likeness (QED) is 0.905. The van der Waals surface area contributed by atoms with Gasteiger partial charge in [0.1, 0.15) is 12.2 Å². The zero-order valence-electron chi connectivity index (χ0n) is 11.6. The molecule has 4 bridgehead atoms. The van der Waals surface area contributed by atoms with E-state index < -0.39 is 5.60 Å². The van der Waals surface area contributed by atoms with Gasteiger partial charge in [-0.15, -0.1) is 0 Å². The summed E-state index contributed by atoms with van der Waals surface area (Å²) in [4.78, 5) is 4.38. The fraction of sp³-hybridized carbons (Fsp3) is 0.867. The molecular formula is C15H23N3O. The second kappa shape index (κ2) is 4.05. The SMILES string of the molecule is CCn1ncnc1CC1(O)C2CC3CC(C2)CC1C3. The molecule has 0 aromatic carbocycles. The normalized spacial score (nSPS) is 43.9. The molecule has 0 atom stereocenters. The highest BCUT2D eigenvalue weighted by molar-refractivity contribution is 5.10. The van der Waals surface area contributed by atoms with Crippen molar-refractivity contribution in [3.8, 4) is 0 Å². The molecule has 104 valence electrons. The van der Waals surface area contributed by atoms with Crippen molar-refractivity contribution in [1.82, 2.24) is 14.8 Å². The zero-order valence-corrected chi connectivity index (χ0v) is 11.6. The van der Waals surface area contributed by atoms with E-state index >= 15 is 0 Å². The van der Waals surface area contributed by atoms with Crippen molar-refractivity contribution in [1.29, 1.82) is 0 Å². The van der Waals surface area contributed by atoms with Gasteiger partial charge in [0.05, 0.1) is 5.60 Å². The van der Waals surface area contributed by atoms with Crippen molar-refractivity contribution >= 4 is 0 Å². The summed E-state index contributed by atoms with van der Waals surface area (Å²) in [6, 6.07) is 0. The minimum atomic E-state index is -0.507. The van der Waals surface area contributed by atoms with Gasteiger partial charge in [0.15, 0.2) is 0 Å². The number of rotatable bonds is 3. The number of hydrogen-bond donors (Lipinski definition) is 1. The molecule has 0 saturated heterocycles. The maximum atomic E-state index is 11.3. The Morgan fingerprint density at radius 2 is 1.84 bits per heavy atom. The van der Waals surface area contributed by atoms with Crippen LogP contribution in [0.5, 0.6) is 0 Å². The van der Waals surface area contributed by atoms with E-state index in [-0.39, 0.29) is 0 Å². The Hall–Kier alpha value is -0.900. The van der Waals surface area contributed by atoms with Crippen molar-refractivity contribution in [3.05, 3.63) is 12.2 Å². The molecule has 1 heterocycles. The van der Waals surface area contributed by atoms with Gasteiger partial charge in [-0.2, -0.15) is 5.10 Å². The minimum Gasteiger partial charge on any atom is -0.389 e. The van der Waals surface area contributed by atoms with Crippen LogP contribution < -0.4 is 0 Å². The van der Waals surface area contributed by atoms with Gasteiger partial charge in [-0.25, -0.2) is 4.98 Å². The Morgan fingerprint density at radius 1 is 1.21 bits per heavy atom. The van der Waals surface area contributed by atoms with Gasteiger partial charge in [0, 0.05) is 13.0 Å². The largest absolute Gasteiger partial charge is 0.389 e. The first-order valence-electron chi connectivity index (χ1n) is 7.78. The van der Waals surface area contributed by atoms with Crippen LogP contribution in [0.15, 0.2) is 6.33 Å². The molecule has 0 spiro atoms. The molecular weight excluding hydrogens is 238 g/mol. The average Bonchev–Trinajstić information content (AvgIpc) is 2.82. The third-order valence-corrected chi connectivity index (χ3v) is 5.99. The molecule has 5 rings (SSSR count). The molecule has 0 radical (unpaired) electrons. The summed E-state index contributed by atoms with van der Waals surface area (Å²) >= 11 is 0. The number of nitrogens with zero attached hydrogens (tertiary/aromatic N) is 3. The second-order valence-electron chi connectivity index (χ2n) is 6.96. The van der Waals surface area contributed by atoms with Crippen LogP contribution in [-0.4, -0.2) is 25.5 Å². The van der Waals surface area contributed by atoms with Gasteiger partial charge in [-0.1, -0.05) is 0 Å². The summed E-state index contributed by atoms with van der Waals surface area (Å²) in [6.45, 7) is 2.92. The molecule has 0 amide bonds. The Bertz CT molecular complexity index is 453. The standard InChI is InChI=1S/C15H23N3O/c1-2-18-14(16-9-17-18)8-15(19)12-4-10-3-11(6-12)7-13(15)5-10/h9-13,19H,2-8H2,1H3. The van der Waals surface area contributed by atoms with E-state index in [0.717, 1.165) is 24.2 Å². The summed E-state index contributed by atoms with van der Waals surface area (Å²) in [7, 11) is 0. The average molecular weight is 261 g/mol. The van der Waals surface area contributed by atoms with Gasteiger partial charge in [0.25, 0.3) is 0 Å². The number of aliphatic hydroxyl groups is 1. The summed E-state index contributed by atoms with van der Waals surface area (Å²) in [5, 5.41) is 15.5. The van der Waals surface area contributed by atoms with E-state index in [0.29, 0.717) is 18.3 Å². The smallest absolute Gasteiger partial charge is 0.138 e. The van der Waals surface area contributed by atoms with Gasteiger partial charge >= 0.3 is 0 Å². The first-order chi connectivity index (χ1) is 9.19. The number of aromatic nitrogens is 3. The Labute approximate surface area is 114 Å². The van der Waals surface area contributed by atoms with Crippen molar-refractivity contribution in [3.63, 3.8) is 0 Å². The van der Waals surface area contributed by atoms with Gasteiger partial charge in [-0.05, 0) is 62.7 Å². The van der Waals surface area contributed by atoms with Crippen molar-refractivity contribution in [2.45, 2.75) is 57.6 Å². The monoisotopic (exact) mass is 261 g/mol. The maximum Gasteiger partial charge on any atom is 0.138 e. The topological polar surface area (TPSA) is 50.9 Å². The predicted octanol–water partition coefficient (Wildman–Crippen LogP) is 2.03. The third kappa shape index (κ3) is 1.69. The van der Waals surface area contributed by atoms with Gasteiger partial charge in [0.2, 0.25) is 0 Å². The molecule has 4 nitrogen and oxygen atoms in total. The molecule has 4 fully saturated rings. The van der Waals surface area contributed by atoms with Crippen LogP contribution in [0, 0.1) is 23.7 Å². The summed E-state index contributed by atoms with van der Waals surface area (Å²) in [5.41, 5.74) is -0.507. The first-order valence-corrected chi connectivity index (χ1v) is 7.78. The third-order valence-electron chi connectivity index (χ3n) is 5.99. The number of hydrogen-bond acceptors (Lipinski definition) is 3. The highest BCUT2D eigenvalue weighted by Gasteiger charge is 2.56. The van der Waals surface area contributed by atoms with Gasteiger partial charge < -0.3 is 5.11 Å². The maximum absolute atomic E-state index is 11.3. The predicted molar refractivity (Wildman–Crippen MR) is 71.4 cm³/mol. The molecule has 19 heavy (non-hydrogen) atoms. The van der Waals surface area contributed by atoms with E-state index in [2.05, 4.69) is 17.0 Å². The lowest BCUT2D eigenvalue weighted by molar-refractivity contribution is -0.172. The van der Waals surface area contributed by atoms with Crippen LogP contribution in [0.25, 0.3) is 0 Å². The zero-order chi connectivity index (χ0) is 13.0. The lowest BCUT2D eigenvalue weighted by Gasteiger charge is -2.58. The summed E-state index contributed by atoms with van der Waals surface area (Å²) < 4.78 is 1.93. The fourth-order valence-corrected chi connectivity index (χ4v) is 5.23. The fourth-order valence-electron chi connectivity index (χ4n) is 5.23. The number of aryl methyl sites for hydroxylation is 1. The lowest BCUT2D eigenvalue weighted by atomic mass is 9.49. The van der Waals surface area contributed by atoms with E-state index in [1.165, 1.54) is 32.1 Å². The molecule has 4 aliphatic rings. The molecule has 1 aromatic heterocycles. The van der Waals surface area contributed by atoms with E-state index in [1.54, 1.807) is 6.33 Å². The van der Waals surface area contributed by atoms with Crippen molar-refractivity contribution in [2.75, 3.05) is 0 Å². The molecule has 4 saturated carbocycles. The van der Waals surface area contributed by atoms with Crippen LogP contribution in [0.3, 0.4) is 0 Å². The van der Waals surface area contributed by atoms with Crippen LogP contribution in [0.4, 0.5) is 0 Å². The Kier molecular flexibility index (Phi) is 2.53. The molecule has 0 unspecified atom stereocenters. The summed E-state index contributed by atoms with van der Waals surface area (Å²) in [6.07, 6.45) is 8.71. The minimum absolute atomic E-state index is 0.505. The molecule has 1 N–H and O–H groups in total. The Morgan fingerprint density at radius 3 is 2.42 bits per heavy atom.